The number of aromatic nitrogens is 3. The van der Waals surface area contributed by atoms with Crippen molar-refractivity contribution in [2.75, 3.05) is 19.8 Å². The van der Waals surface area contributed by atoms with Gasteiger partial charge in [0, 0.05) is 43.7 Å². The van der Waals surface area contributed by atoms with Gasteiger partial charge in [0.1, 0.15) is 6.04 Å². The smallest absolute Gasteiger partial charge is 0.329 e. The van der Waals surface area contributed by atoms with Crippen LogP contribution in [0.2, 0.25) is 0 Å². The maximum absolute atomic E-state index is 12.4. The summed E-state index contributed by atoms with van der Waals surface area (Å²) in [6.07, 6.45) is 6.72. The van der Waals surface area contributed by atoms with E-state index in [2.05, 4.69) is 30.4 Å². The Labute approximate surface area is 183 Å². The molecule has 1 unspecified atom stereocenters. The molecular formula is C19H24N6O7. The van der Waals surface area contributed by atoms with Gasteiger partial charge in [-0.05, 0) is 25.0 Å². The fraction of sp³-hybridized carbons (Fsp3) is 0.421. The van der Waals surface area contributed by atoms with Gasteiger partial charge in [-0.3, -0.25) is 14.6 Å². The second-order valence-corrected chi connectivity index (χ2v) is 6.58. The van der Waals surface area contributed by atoms with Gasteiger partial charge in [-0.25, -0.2) is 9.78 Å². The largest absolute Gasteiger partial charge is 0.464 e. The number of unbranched alkanes of at least 4 members (excludes halogenated alkanes) is 1. The van der Waals surface area contributed by atoms with Crippen LogP contribution < -0.4 is 10.6 Å². The predicted molar refractivity (Wildman–Crippen MR) is 109 cm³/mol. The Bertz CT molecular complexity index is 876. The predicted octanol–water partition coefficient (Wildman–Crippen LogP) is 0.184. The van der Waals surface area contributed by atoms with E-state index in [-0.39, 0.29) is 38.5 Å². The highest BCUT2D eigenvalue weighted by Crippen LogP contribution is 2.03. The highest BCUT2D eigenvalue weighted by atomic mass is 16.9. The Hall–Kier alpha value is -4.03. The van der Waals surface area contributed by atoms with Crippen molar-refractivity contribution in [1.29, 1.82) is 0 Å². The Morgan fingerprint density at radius 3 is 2.69 bits per heavy atom. The molecule has 0 aliphatic rings. The van der Waals surface area contributed by atoms with E-state index in [4.69, 9.17) is 4.74 Å². The molecule has 0 fully saturated rings. The molecule has 0 saturated carbocycles. The van der Waals surface area contributed by atoms with Crippen molar-refractivity contribution < 1.29 is 29.0 Å². The van der Waals surface area contributed by atoms with E-state index in [1.54, 1.807) is 18.3 Å². The maximum Gasteiger partial charge on any atom is 0.329 e. The zero-order valence-electron chi connectivity index (χ0n) is 17.2. The van der Waals surface area contributed by atoms with Gasteiger partial charge >= 0.3 is 5.97 Å². The number of hydrogen-bond donors (Lipinski definition) is 3. The van der Waals surface area contributed by atoms with Crippen molar-refractivity contribution in [3.63, 3.8) is 0 Å². The Balaban J connectivity index is 1.78. The van der Waals surface area contributed by atoms with E-state index < -0.39 is 23.0 Å². The minimum atomic E-state index is -0.966. The molecule has 0 aromatic carbocycles. The van der Waals surface area contributed by atoms with E-state index in [1.807, 2.05) is 0 Å². The molecule has 2 heterocycles. The first-order valence-corrected chi connectivity index (χ1v) is 9.84. The fourth-order valence-corrected chi connectivity index (χ4v) is 2.58. The molecule has 2 aromatic rings. The van der Waals surface area contributed by atoms with Crippen LogP contribution in [-0.4, -0.2) is 63.6 Å². The molecule has 0 bridgehead atoms. The number of nitrogens with one attached hydrogen (secondary N) is 3. The monoisotopic (exact) mass is 448 g/mol. The number of amides is 2. The molecule has 2 rings (SSSR count). The highest BCUT2D eigenvalue weighted by molar-refractivity contribution is 5.94. The number of imidazole rings is 1. The molecule has 172 valence electrons. The van der Waals surface area contributed by atoms with Gasteiger partial charge in [0.25, 0.3) is 11.0 Å². The van der Waals surface area contributed by atoms with Crippen molar-refractivity contribution in [2.45, 2.75) is 31.7 Å². The molecule has 2 amide bonds. The second kappa shape index (κ2) is 13.3. The third kappa shape index (κ3) is 9.19. The first-order chi connectivity index (χ1) is 15.5. The maximum atomic E-state index is 12.4. The summed E-state index contributed by atoms with van der Waals surface area (Å²) in [5.41, 5.74) is 0.994. The average molecular weight is 448 g/mol. The molecule has 13 heteroatoms. The van der Waals surface area contributed by atoms with Gasteiger partial charge in [-0.15, -0.1) is 10.1 Å². The standard InChI is InChI=1S/C19H24N6O7/c26-17(5-7-22-18(27)14-4-3-6-20-11-14)24-16(10-15-12-21-13-23-15)19(28)31-8-1-2-9-32-25(29)30/h3-4,6,11-13,16H,1-2,5,7-10H2,(H,21,23)(H,22,27)(H,24,26). The van der Waals surface area contributed by atoms with Crippen LogP contribution in [0.25, 0.3) is 0 Å². The number of carbonyl (C=O) groups is 3. The summed E-state index contributed by atoms with van der Waals surface area (Å²) in [7, 11) is 0. The number of rotatable bonds is 14. The van der Waals surface area contributed by atoms with Gasteiger partial charge in [-0.1, -0.05) is 0 Å². The van der Waals surface area contributed by atoms with Crippen LogP contribution >= 0.6 is 0 Å². The number of aromatic amines is 1. The Morgan fingerprint density at radius 1 is 1.19 bits per heavy atom. The number of H-pyrrole nitrogens is 1. The lowest BCUT2D eigenvalue weighted by Gasteiger charge is -2.17. The summed E-state index contributed by atoms with van der Waals surface area (Å²) in [6.45, 7) is 0.00186. The summed E-state index contributed by atoms with van der Waals surface area (Å²) in [4.78, 5) is 61.6. The molecule has 0 radical (unpaired) electrons. The first kappa shape index (κ1) is 24.2. The van der Waals surface area contributed by atoms with Gasteiger partial charge in [0.05, 0.1) is 25.1 Å². The molecule has 3 N–H and O–H groups in total. The third-order valence-electron chi connectivity index (χ3n) is 4.14. The Morgan fingerprint density at radius 2 is 2.00 bits per heavy atom. The van der Waals surface area contributed by atoms with Crippen molar-refractivity contribution in [3.8, 4) is 0 Å². The van der Waals surface area contributed by atoms with E-state index in [0.717, 1.165) is 0 Å². The van der Waals surface area contributed by atoms with Crippen molar-refractivity contribution in [2.24, 2.45) is 0 Å². The van der Waals surface area contributed by atoms with Crippen LogP contribution in [0.4, 0.5) is 0 Å². The number of ether oxygens (including phenoxy) is 1. The molecule has 2 aromatic heterocycles. The minimum Gasteiger partial charge on any atom is -0.464 e. The van der Waals surface area contributed by atoms with E-state index >= 15 is 0 Å². The molecule has 32 heavy (non-hydrogen) atoms. The molecule has 0 aliphatic heterocycles. The lowest BCUT2D eigenvalue weighted by atomic mass is 10.1. The number of carbonyl (C=O) groups excluding carboxylic acids is 3. The summed E-state index contributed by atoms with van der Waals surface area (Å²) in [5, 5.41) is 14.4. The SMILES string of the molecule is O=C(CCNC(=O)c1cccnc1)NC(Cc1cnc[nH]1)C(=O)OCCCCO[N+](=O)[O-]. The quantitative estimate of drug-likeness (QED) is 0.157. The Kier molecular flexibility index (Phi) is 10.1. The topological polar surface area (TPSA) is 178 Å². The minimum absolute atomic E-state index is 0.0242. The lowest BCUT2D eigenvalue weighted by molar-refractivity contribution is -0.757. The van der Waals surface area contributed by atoms with Crippen LogP contribution in [-0.2, 0) is 25.6 Å². The van der Waals surface area contributed by atoms with Crippen LogP contribution in [0.5, 0.6) is 0 Å². The summed E-state index contributed by atoms with van der Waals surface area (Å²) >= 11 is 0. The van der Waals surface area contributed by atoms with Gasteiger partial charge < -0.3 is 25.2 Å². The van der Waals surface area contributed by atoms with Crippen LogP contribution in [0.15, 0.2) is 37.1 Å². The van der Waals surface area contributed by atoms with Crippen molar-refractivity contribution >= 4 is 17.8 Å². The molecule has 13 nitrogen and oxygen atoms in total. The fourth-order valence-electron chi connectivity index (χ4n) is 2.58. The van der Waals surface area contributed by atoms with Crippen molar-refractivity contribution in [1.82, 2.24) is 25.6 Å². The molecule has 0 saturated heterocycles. The number of hydrogen-bond acceptors (Lipinski definition) is 9. The van der Waals surface area contributed by atoms with Gasteiger partial charge in [0.15, 0.2) is 0 Å². The summed E-state index contributed by atoms with van der Waals surface area (Å²) < 4.78 is 5.17. The summed E-state index contributed by atoms with van der Waals surface area (Å²) in [5.74, 6) is -1.46. The third-order valence-corrected chi connectivity index (χ3v) is 4.14. The van der Waals surface area contributed by atoms with Crippen molar-refractivity contribution in [3.05, 3.63) is 58.4 Å². The number of nitrogens with zero attached hydrogens (tertiary/aromatic N) is 3. The van der Waals surface area contributed by atoms with Crippen LogP contribution in [0, 0.1) is 10.1 Å². The number of esters is 1. The van der Waals surface area contributed by atoms with Crippen LogP contribution in [0.1, 0.15) is 35.3 Å². The molecule has 0 aliphatic carbocycles. The normalized spacial score (nSPS) is 11.2. The molecular weight excluding hydrogens is 424 g/mol. The van der Waals surface area contributed by atoms with Gasteiger partial charge in [0.2, 0.25) is 5.91 Å². The number of pyridine rings is 1. The zero-order valence-corrected chi connectivity index (χ0v) is 17.2. The average Bonchev–Trinajstić information content (AvgIpc) is 3.29. The lowest BCUT2D eigenvalue weighted by Crippen LogP contribution is -2.44. The van der Waals surface area contributed by atoms with E-state index in [0.29, 0.717) is 24.1 Å². The first-order valence-electron chi connectivity index (χ1n) is 9.84. The second-order valence-electron chi connectivity index (χ2n) is 6.58. The highest BCUT2D eigenvalue weighted by Gasteiger charge is 2.23. The van der Waals surface area contributed by atoms with E-state index in [9.17, 15) is 24.5 Å². The van der Waals surface area contributed by atoms with Crippen LogP contribution in [0.3, 0.4) is 0 Å². The molecule has 1 atom stereocenters. The van der Waals surface area contributed by atoms with E-state index in [1.165, 1.54) is 18.7 Å². The zero-order chi connectivity index (χ0) is 23.2. The van der Waals surface area contributed by atoms with Gasteiger partial charge in [-0.2, -0.15) is 0 Å². The molecule has 0 spiro atoms. The summed E-state index contributed by atoms with van der Waals surface area (Å²) in [6, 6.07) is 2.26.